The van der Waals surface area contributed by atoms with Crippen LogP contribution in [-0.4, -0.2) is 73.6 Å². The number of rotatable bonds is 4. The van der Waals surface area contributed by atoms with Crippen molar-refractivity contribution in [3.63, 3.8) is 0 Å². The van der Waals surface area contributed by atoms with E-state index in [2.05, 4.69) is 15.5 Å². The second-order valence-electron chi connectivity index (χ2n) is 10.1. The Kier molecular flexibility index (Phi) is 5.71. The lowest BCUT2D eigenvalue weighted by molar-refractivity contribution is -0.134. The van der Waals surface area contributed by atoms with Crippen molar-refractivity contribution in [3.05, 3.63) is 23.8 Å². The standard InChI is InChI=1S/C23H30N4O6/c1-22(2,3)33-21(31)27-12-23(13-27)10-26(11-23)14-5-6-15(17(9-14)32-4)19(29)24-16-7-8-18(28)25-20(16)30/h5-6,9,16H,7-8,10-13H2,1-4H3,(H,24,29)(H,25,28,30). The summed E-state index contributed by atoms with van der Waals surface area (Å²) >= 11 is 0. The summed E-state index contributed by atoms with van der Waals surface area (Å²) in [7, 11) is 1.49. The van der Waals surface area contributed by atoms with Crippen molar-refractivity contribution >= 4 is 29.5 Å². The fourth-order valence-corrected chi connectivity index (χ4v) is 4.50. The van der Waals surface area contributed by atoms with Crippen LogP contribution in [0.1, 0.15) is 44.0 Å². The van der Waals surface area contributed by atoms with E-state index in [1.165, 1.54) is 7.11 Å². The second-order valence-corrected chi connectivity index (χ2v) is 10.1. The molecule has 3 fully saturated rings. The lowest BCUT2D eigenvalue weighted by atomic mass is 9.73. The van der Waals surface area contributed by atoms with Crippen LogP contribution in [-0.2, 0) is 14.3 Å². The van der Waals surface area contributed by atoms with Crippen molar-refractivity contribution in [1.82, 2.24) is 15.5 Å². The van der Waals surface area contributed by atoms with Crippen LogP contribution in [0.3, 0.4) is 0 Å². The highest BCUT2D eigenvalue weighted by atomic mass is 16.6. The fraction of sp³-hybridized carbons (Fsp3) is 0.565. The van der Waals surface area contributed by atoms with Gasteiger partial charge in [-0.05, 0) is 39.3 Å². The monoisotopic (exact) mass is 458 g/mol. The number of benzene rings is 1. The SMILES string of the molecule is COc1cc(N2CC3(CN(C(=O)OC(C)(C)C)C3)C2)ccc1C(=O)NC1CCC(=O)NC1=O. The first-order valence-electron chi connectivity index (χ1n) is 11.0. The topological polar surface area (TPSA) is 117 Å². The Morgan fingerprint density at radius 1 is 1.15 bits per heavy atom. The van der Waals surface area contributed by atoms with Gasteiger partial charge < -0.3 is 24.6 Å². The zero-order valence-corrected chi connectivity index (χ0v) is 19.4. The minimum Gasteiger partial charge on any atom is -0.496 e. The van der Waals surface area contributed by atoms with Gasteiger partial charge in [-0.3, -0.25) is 19.7 Å². The molecule has 2 N–H and O–H groups in total. The van der Waals surface area contributed by atoms with E-state index < -0.39 is 23.5 Å². The van der Waals surface area contributed by atoms with Crippen LogP contribution in [0.2, 0.25) is 0 Å². The van der Waals surface area contributed by atoms with Gasteiger partial charge in [-0.25, -0.2) is 4.79 Å². The van der Waals surface area contributed by atoms with Gasteiger partial charge in [0.2, 0.25) is 11.8 Å². The third-order valence-electron chi connectivity index (χ3n) is 6.10. The first-order chi connectivity index (χ1) is 15.5. The van der Waals surface area contributed by atoms with Gasteiger partial charge in [0.1, 0.15) is 17.4 Å². The van der Waals surface area contributed by atoms with E-state index in [-0.39, 0.29) is 30.3 Å². The Balaban J connectivity index is 1.34. The molecule has 0 aliphatic carbocycles. The number of methoxy groups -OCH3 is 1. The average Bonchev–Trinajstić information content (AvgIpc) is 2.66. The Bertz CT molecular complexity index is 987. The van der Waals surface area contributed by atoms with Crippen LogP contribution in [0.5, 0.6) is 5.75 Å². The number of ether oxygens (including phenoxy) is 2. The average molecular weight is 459 g/mol. The minimum atomic E-state index is -0.749. The Morgan fingerprint density at radius 3 is 2.45 bits per heavy atom. The molecule has 178 valence electrons. The molecule has 33 heavy (non-hydrogen) atoms. The molecule has 10 heteroatoms. The van der Waals surface area contributed by atoms with Crippen LogP contribution >= 0.6 is 0 Å². The van der Waals surface area contributed by atoms with Gasteiger partial charge in [0.15, 0.2) is 0 Å². The molecule has 1 aromatic rings. The molecule has 1 aromatic carbocycles. The third kappa shape index (κ3) is 4.74. The van der Waals surface area contributed by atoms with Crippen LogP contribution < -0.4 is 20.3 Å². The summed E-state index contributed by atoms with van der Waals surface area (Å²) in [5.41, 5.74) is 0.812. The van der Waals surface area contributed by atoms with Crippen molar-refractivity contribution < 1.29 is 28.7 Å². The summed E-state index contributed by atoms with van der Waals surface area (Å²) in [6.45, 7) is 8.51. The van der Waals surface area contributed by atoms with E-state index in [9.17, 15) is 19.2 Å². The molecule has 4 rings (SSSR count). The van der Waals surface area contributed by atoms with Gasteiger partial charge in [0, 0.05) is 49.8 Å². The van der Waals surface area contributed by atoms with Crippen molar-refractivity contribution in [1.29, 1.82) is 0 Å². The van der Waals surface area contributed by atoms with Crippen molar-refractivity contribution in [2.45, 2.75) is 45.3 Å². The lowest BCUT2D eigenvalue weighted by Crippen LogP contribution is -2.73. The molecular formula is C23H30N4O6. The Labute approximate surface area is 192 Å². The number of hydrogen-bond donors (Lipinski definition) is 2. The number of anilines is 1. The summed E-state index contributed by atoms with van der Waals surface area (Å²) in [5.74, 6) is -0.857. The fourth-order valence-electron chi connectivity index (χ4n) is 4.50. The first-order valence-corrected chi connectivity index (χ1v) is 11.0. The molecule has 3 heterocycles. The number of amides is 4. The molecule has 0 radical (unpaired) electrons. The highest BCUT2D eigenvalue weighted by molar-refractivity contribution is 6.04. The van der Waals surface area contributed by atoms with Crippen LogP contribution in [0.4, 0.5) is 10.5 Å². The molecule has 0 aromatic heterocycles. The van der Waals surface area contributed by atoms with Gasteiger partial charge >= 0.3 is 6.09 Å². The van der Waals surface area contributed by atoms with E-state index in [4.69, 9.17) is 9.47 Å². The van der Waals surface area contributed by atoms with Crippen molar-refractivity contribution in [2.24, 2.45) is 5.41 Å². The van der Waals surface area contributed by atoms with E-state index in [0.717, 1.165) is 18.8 Å². The van der Waals surface area contributed by atoms with Crippen LogP contribution in [0.15, 0.2) is 18.2 Å². The summed E-state index contributed by atoms with van der Waals surface area (Å²) in [4.78, 5) is 52.0. The molecule has 0 saturated carbocycles. The summed E-state index contributed by atoms with van der Waals surface area (Å²) in [6, 6.07) is 4.57. The first kappa shape index (κ1) is 22.9. The normalized spacial score (nSPS) is 21.6. The molecular weight excluding hydrogens is 428 g/mol. The predicted octanol–water partition coefficient (Wildman–Crippen LogP) is 1.29. The van der Waals surface area contributed by atoms with E-state index >= 15 is 0 Å². The summed E-state index contributed by atoms with van der Waals surface area (Å²) in [5, 5.41) is 4.90. The molecule has 1 atom stereocenters. The number of nitrogens with one attached hydrogen (secondary N) is 2. The van der Waals surface area contributed by atoms with Crippen molar-refractivity contribution in [2.75, 3.05) is 38.2 Å². The number of likely N-dealkylation sites (tertiary alicyclic amines) is 1. The van der Waals surface area contributed by atoms with Crippen LogP contribution in [0.25, 0.3) is 0 Å². The molecule has 3 aliphatic rings. The Hall–Kier alpha value is -3.30. The number of piperidine rings is 1. The number of carbonyl (C=O) groups is 4. The lowest BCUT2D eigenvalue weighted by Gasteiger charge is -2.60. The maximum Gasteiger partial charge on any atom is 0.410 e. The molecule has 0 bridgehead atoms. The van der Waals surface area contributed by atoms with Gasteiger partial charge in [-0.2, -0.15) is 0 Å². The van der Waals surface area contributed by atoms with Gasteiger partial charge in [0.25, 0.3) is 5.91 Å². The zero-order chi connectivity index (χ0) is 24.0. The molecule has 1 unspecified atom stereocenters. The van der Waals surface area contributed by atoms with Crippen LogP contribution in [0, 0.1) is 5.41 Å². The molecule has 3 saturated heterocycles. The maximum atomic E-state index is 12.7. The smallest absolute Gasteiger partial charge is 0.410 e. The van der Waals surface area contributed by atoms with E-state index in [0.29, 0.717) is 24.4 Å². The number of imide groups is 1. The maximum absolute atomic E-state index is 12.7. The number of nitrogens with zero attached hydrogens (tertiary/aromatic N) is 2. The third-order valence-corrected chi connectivity index (χ3v) is 6.10. The summed E-state index contributed by atoms with van der Waals surface area (Å²) in [6.07, 6.45) is 0.182. The highest BCUT2D eigenvalue weighted by Gasteiger charge is 2.54. The number of carbonyl (C=O) groups excluding carboxylic acids is 4. The largest absolute Gasteiger partial charge is 0.496 e. The van der Waals surface area contributed by atoms with Crippen molar-refractivity contribution in [3.8, 4) is 5.75 Å². The predicted molar refractivity (Wildman–Crippen MR) is 119 cm³/mol. The molecule has 1 spiro atoms. The summed E-state index contributed by atoms with van der Waals surface area (Å²) < 4.78 is 10.9. The highest BCUT2D eigenvalue weighted by Crippen LogP contribution is 2.43. The van der Waals surface area contributed by atoms with E-state index in [1.807, 2.05) is 26.8 Å². The van der Waals surface area contributed by atoms with Gasteiger partial charge in [0.05, 0.1) is 12.7 Å². The van der Waals surface area contributed by atoms with E-state index in [1.54, 1.807) is 17.0 Å². The zero-order valence-electron chi connectivity index (χ0n) is 19.4. The Morgan fingerprint density at radius 2 is 1.85 bits per heavy atom. The minimum absolute atomic E-state index is 0.0754. The number of hydrogen-bond acceptors (Lipinski definition) is 7. The quantitative estimate of drug-likeness (QED) is 0.653. The molecule has 10 nitrogen and oxygen atoms in total. The second kappa shape index (κ2) is 8.24. The van der Waals surface area contributed by atoms with Gasteiger partial charge in [-0.15, -0.1) is 0 Å². The molecule has 4 amide bonds. The van der Waals surface area contributed by atoms with Gasteiger partial charge in [-0.1, -0.05) is 0 Å². The molecule has 3 aliphatic heterocycles.